The van der Waals surface area contributed by atoms with E-state index >= 15 is 0 Å². The zero-order chi connectivity index (χ0) is 15.5. The topological polar surface area (TPSA) is 50.7 Å². The van der Waals surface area contributed by atoms with E-state index in [1.807, 2.05) is 18.2 Å². The fourth-order valence-corrected chi connectivity index (χ4v) is 1.84. The first-order chi connectivity index (χ1) is 10.1. The second-order valence-electron chi connectivity index (χ2n) is 5.64. The first-order valence-corrected chi connectivity index (χ1v) is 7.80. The highest BCUT2D eigenvalue weighted by molar-refractivity contribution is 5.28. The summed E-state index contributed by atoms with van der Waals surface area (Å²) in [5.74, 6) is 1.37. The predicted octanol–water partition coefficient (Wildman–Crippen LogP) is 2.25. The fourth-order valence-electron chi connectivity index (χ4n) is 1.84. The average molecular weight is 295 g/mol. The maximum absolute atomic E-state index is 9.85. The van der Waals surface area contributed by atoms with Crippen molar-refractivity contribution in [3.8, 4) is 5.75 Å². The summed E-state index contributed by atoms with van der Waals surface area (Å²) in [6, 6.07) is 7.98. The molecule has 0 fully saturated rings. The van der Waals surface area contributed by atoms with E-state index in [0.717, 1.165) is 25.3 Å². The number of aryl methyl sites for hydroxylation is 1. The summed E-state index contributed by atoms with van der Waals surface area (Å²) in [5, 5.41) is 13.0. The molecule has 1 aromatic rings. The molecule has 0 aliphatic rings. The zero-order valence-electron chi connectivity index (χ0n) is 13.5. The lowest BCUT2D eigenvalue weighted by Gasteiger charge is -2.14. The van der Waals surface area contributed by atoms with E-state index in [1.165, 1.54) is 5.56 Å². The SMILES string of the molecule is CCc1cccc(OCC(O)CNCCOCC(C)C)c1. The van der Waals surface area contributed by atoms with E-state index in [1.54, 1.807) is 0 Å². The lowest BCUT2D eigenvalue weighted by Crippen LogP contribution is -2.33. The van der Waals surface area contributed by atoms with Gasteiger partial charge in [0, 0.05) is 19.7 Å². The monoisotopic (exact) mass is 295 g/mol. The van der Waals surface area contributed by atoms with Crippen molar-refractivity contribution in [1.29, 1.82) is 0 Å². The smallest absolute Gasteiger partial charge is 0.119 e. The minimum atomic E-state index is -0.514. The van der Waals surface area contributed by atoms with Gasteiger partial charge in [0.05, 0.1) is 6.61 Å². The van der Waals surface area contributed by atoms with Crippen molar-refractivity contribution in [2.75, 3.05) is 32.9 Å². The van der Waals surface area contributed by atoms with Gasteiger partial charge in [-0.1, -0.05) is 32.9 Å². The molecule has 2 N–H and O–H groups in total. The van der Waals surface area contributed by atoms with Crippen LogP contribution in [-0.2, 0) is 11.2 Å². The molecule has 1 aromatic carbocycles. The molecule has 0 amide bonds. The molecule has 4 nitrogen and oxygen atoms in total. The van der Waals surface area contributed by atoms with Gasteiger partial charge in [-0.15, -0.1) is 0 Å². The summed E-state index contributed by atoms with van der Waals surface area (Å²) >= 11 is 0. The highest BCUT2D eigenvalue weighted by Gasteiger charge is 2.05. The molecule has 0 saturated carbocycles. The van der Waals surface area contributed by atoms with Crippen LogP contribution in [0.3, 0.4) is 0 Å². The maximum Gasteiger partial charge on any atom is 0.119 e. The molecule has 0 saturated heterocycles. The highest BCUT2D eigenvalue weighted by Crippen LogP contribution is 2.13. The number of aliphatic hydroxyl groups is 1. The van der Waals surface area contributed by atoms with Crippen LogP contribution in [0.15, 0.2) is 24.3 Å². The molecule has 1 rings (SSSR count). The normalized spacial score (nSPS) is 12.6. The summed E-state index contributed by atoms with van der Waals surface area (Å²) in [6.07, 6.45) is 0.470. The van der Waals surface area contributed by atoms with Gasteiger partial charge in [-0.2, -0.15) is 0 Å². The van der Waals surface area contributed by atoms with Crippen LogP contribution in [0.2, 0.25) is 0 Å². The Kier molecular flexibility index (Phi) is 9.06. The second-order valence-corrected chi connectivity index (χ2v) is 5.64. The third kappa shape index (κ3) is 8.71. The van der Waals surface area contributed by atoms with Gasteiger partial charge in [0.25, 0.3) is 0 Å². The van der Waals surface area contributed by atoms with Crippen molar-refractivity contribution >= 4 is 0 Å². The van der Waals surface area contributed by atoms with Crippen LogP contribution in [0.1, 0.15) is 26.3 Å². The van der Waals surface area contributed by atoms with E-state index in [9.17, 15) is 5.11 Å². The van der Waals surface area contributed by atoms with Crippen LogP contribution >= 0.6 is 0 Å². The molecule has 4 heteroatoms. The fraction of sp³-hybridized carbons (Fsp3) is 0.647. The molecule has 0 aliphatic heterocycles. The molecule has 21 heavy (non-hydrogen) atoms. The van der Waals surface area contributed by atoms with Crippen molar-refractivity contribution in [1.82, 2.24) is 5.32 Å². The van der Waals surface area contributed by atoms with Gasteiger partial charge in [0.2, 0.25) is 0 Å². The Hall–Kier alpha value is -1.10. The molecular formula is C17H29NO3. The summed E-state index contributed by atoms with van der Waals surface area (Å²) in [5.41, 5.74) is 1.24. The van der Waals surface area contributed by atoms with Crippen LogP contribution in [0.25, 0.3) is 0 Å². The molecule has 0 bridgehead atoms. The largest absolute Gasteiger partial charge is 0.491 e. The van der Waals surface area contributed by atoms with Gasteiger partial charge in [0.15, 0.2) is 0 Å². The van der Waals surface area contributed by atoms with Crippen LogP contribution in [0, 0.1) is 5.92 Å². The van der Waals surface area contributed by atoms with Crippen molar-refractivity contribution in [2.45, 2.75) is 33.3 Å². The molecule has 1 unspecified atom stereocenters. The third-order valence-electron chi connectivity index (χ3n) is 3.00. The minimum absolute atomic E-state index is 0.299. The van der Waals surface area contributed by atoms with Crippen molar-refractivity contribution < 1.29 is 14.6 Å². The number of hydrogen-bond donors (Lipinski definition) is 2. The zero-order valence-corrected chi connectivity index (χ0v) is 13.5. The van der Waals surface area contributed by atoms with Crippen molar-refractivity contribution in [2.24, 2.45) is 5.92 Å². The Morgan fingerprint density at radius 2 is 2.05 bits per heavy atom. The van der Waals surface area contributed by atoms with Gasteiger partial charge >= 0.3 is 0 Å². The lowest BCUT2D eigenvalue weighted by atomic mass is 10.2. The van der Waals surface area contributed by atoms with Crippen molar-refractivity contribution in [3.05, 3.63) is 29.8 Å². The molecule has 120 valence electrons. The summed E-state index contributed by atoms with van der Waals surface area (Å²) < 4.78 is 11.1. The van der Waals surface area contributed by atoms with E-state index in [2.05, 4.69) is 32.2 Å². The van der Waals surface area contributed by atoms with Crippen molar-refractivity contribution in [3.63, 3.8) is 0 Å². The van der Waals surface area contributed by atoms with Gasteiger partial charge < -0.3 is 19.9 Å². The van der Waals surface area contributed by atoms with Gasteiger partial charge in [0.1, 0.15) is 18.5 Å². The Balaban J connectivity index is 2.09. The van der Waals surface area contributed by atoms with Crippen LogP contribution < -0.4 is 10.1 Å². The highest BCUT2D eigenvalue weighted by atomic mass is 16.5. The third-order valence-corrected chi connectivity index (χ3v) is 3.00. The van der Waals surface area contributed by atoms with E-state index in [4.69, 9.17) is 9.47 Å². The molecule has 0 radical (unpaired) electrons. The molecule has 1 atom stereocenters. The standard InChI is InChI=1S/C17H29NO3/c1-4-15-6-5-7-17(10-15)21-13-16(19)11-18-8-9-20-12-14(2)3/h5-7,10,14,16,18-19H,4,8-9,11-13H2,1-3H3. The van der Waals surface area contributed by atoms with Crippen LogP contribution in [0.4, 0.5) is 0 Å². The van der Waals surface area contributed by atoms with Gasteiger partial charge in [-0.3, -0.25) is 0 Å². The average Bonchev–Trinajstić information content (AvgIpc) is 2.48. The number of aliphatic hydroxyl groups excluding tert-OH is 1. The number of hydrogen-bond acceptors (Lipinski definition) is 4. The second kappa shape index (κ2) is 10.6. The van der Waals surface area contributed by atoms with Crippen LogP contribution in [0.5, 0.6) is 5.75 Å². The van der Waals surface area contributed by atoms with E-state index in [0.29, 0.717) is 25.7 Å². The Morgan fingerprint density at radius 3 is 2.76 bits per heavy atom. The first kappa shape index (κ1) is 18.0. The molecule has 0 spiro atoms. The van der Waals surface area contributed by atoms with Crippen LogP contribution in [-0.4, -0.2) is 44.1 Å². The summed E-state index contributed by atoms with van der Waals surface area (Å²) in [4.78, 5) is 0. The Morgan fingerprint density at radius 1 is 1.24 bits per heavy atom. The van der Waals surface area contributed by atoms with Gasteiger partial charge in [-0.05, 0) is 30.0 Å². The molecular weight excluding hydrogens is 266 g/mol. The lowest BCUT2D eigenvalue weighted by molar-refractivity contribution is 0.0924. The number of nitrogens with one attached hydrogen (secondary N) is 1. The molecule has 0 aliphatic carbocycles. The quantitative estimate of drug-likeness (QED) is 0.615. The summed E-state index contributed by atoms with van der Waals surface area (Å²) in [7, 11) is 0. The molecule has 0 heterocycles. The number of ether oxygens (including phenoxy) is 2. The van der Waals surface area contributed by atoms with Gasteiger partial charge in [-0.25, -0.2) is 0 Å². The minimum Gasteiger partial charge on any atom is -0.491 e. The predicted molar refractivity (Wildman–Crippen MR) is 85.8 cm³/mol. The maximum atomic E-state index is 9.85. The Bertz CT molecular complexity index is 382. The van der Waals surface area contributed by atoms with E-state index in [-0.39, 0.29) is 0 Å². The number of rotatable bonds is 11. The summed E-state index contributed by atoms with van der Waals surface area (Å²) in [6.45, 7) is 9.37. The Labute approximate surface area is 128 Å². The van der Waals surface area contributed by atoms with E-state index < -0.39 is 6.10 Å². The molecule has 0 aromatic heterocycles. The number of benzene rings is 1. The first-order valence-electron chi connectivity index (χ1n) is 7.80.